The van der Waals surface area contributed by atoms with Crippen molar-refractivity contribution in [2.45, 2.75) is 6.92 Å². The minimum atomic E-state index is -0.516. The van der Waals surface area contributed by atoms with Crippen LogP contribution in [0, 0.1) is 6.92 Å². The maximum atomic E-state index is 11.5. The number of fused-ring (bicyclic) bond motifs is 1. The number of phenols is 1. The number of benzene rings is 1. The molecule has 1 heterocycles. The molecule has 1 aromatic heterocycles. The molecule has 15 heavy (non-hydrogen) atoms. The summed E-state index contributed by atoms with van der Waals surface area (Å²) >= 11 is 0. The van der Waals surface area contributed by atoms with Crippen LogP contribution in [-0.4, -0.2) is 5.11 Å². The highest BCUT2D eigenvalue weighted by atomic mass is 16.4. The highest BCUT2D eigenvalue weighted by Crippen LogP contribution is 2.24. The summed E-state index contributed by atoms with van der Waals surface area (Å²) in [6, 6.07) is 4.98. The van der Waals surface area contributed by atoms with E-state index in [-0.39, 0.29) is 11.1 Å². The van der Waals surface area contributed by atoms with Crippen molar-refractivity contribution in [2.24, 2.45) is 0 Å². The van der Waals surface area contributed by atoms with E-state index in [0.29, 0.717) is 11.1 Å². The first kappa shape index (κ1) is 9.52. The van der Waals surface area contributed by atoms with E-state index in [0.717, 1.165) is 5.56 Å². The molecule has 0 fully saturated rings. The summed E-state index contributed by atoms with van der Waals surface area (Å²) in [7, 11) is 0. The predicted molar refractivity (Wildman–Crippen MR) is 59.0 cm³/mol. The molecule has 0 unspecified atom stereocenters. The van der Waals surface area contributed by atoms with Crippen LogP contribution in [0.5, 0.6) is 5.75 Å². The fraction of sp³-hybridized carbons (Fsp3) is 0.0833. The summed E-state index contributed by atoms with van der Waals surface area (Å²) in [6.07, 6.45) is 1.61. The van der Waals surface area contributed by atoms with E-state index in [1.807, 2.05) is 0 Å². The van der Waals surface area contributed by atoms with Crippen molar-refractivity contribution in [1.29, 1.82) is 0 Å². The van der Waals surface area contributed by atoms with Crippen molar-refractivity contribution in [2.75, 3.05) is 0 Å². The summed E-state index contributed by atoms with van der Waals surface area (Å²) in [6.45, 7) is 5.30. The van der Waals surface area contributed by atoms with E-state index in [2.05, 4.69) is 6.58 Å². The van der Waals surface area contributed by atoms with Gasteiger partial charge in [-0.3, -0.25) is 0 Å². The molecule has 1 N–H and O–H groups in total. The van der Waals surface area contributed by atoms with Crippen molar-refractivity contribution in [3.05, 3.63) is 46.5 Å². The van der Waals surface area contributed by atoms with Crippen molar-refractivity contribution in [1.82, 2.24) is 0 Å². The fourth-order valence-corrected chi connectivity index (χ4v) is 1.57. The Kier molecular flexibility index (Phi) is 2.08. The van der Waals surface area contributed by atoms with Crippen LogP contribution in [0.2, 0.25) is 0 Å². The summed E-state index contributed by atoms with van der Waals surface area (Å²) in [4.78, 5) is 11.5. The molecular weight excluding hydrogens is 192 g/mol. The van der Waals surface area contributed by atoms with Crippen molar-refractivity contribution in [3.63, 3.8) is 0 Å². The monoisotopic (exact) mass is 202 g/mol. The molecule has 0 radical (unpaired) electrons. The zero-order valence-electron chi connectivity index (χ0n) is 8.28. The molecule has 76 valence electrons. The number of aryl methyl sites for hydroxylation is 1. The molecule has 0 amide bonds. The van der Waals surface area contributed by atoms with Crippen molar-refractivity contribution >= 4 is 16.8 Å². The minimum Gasteiger partial charge on any atom is -0.507 e. The second kappa shape index (κ2) is 3.28. The third kappa shape index (κ3) is 1.52. The number of phenolic OH excluding ortho intramolecular Hbond substituents is 1. The Morgan fingerprint density at radius 1 is 1.40 bits per heavy atom. The highest BCUT2D eigenvalue weighted by molar-refractivity contribution is 5.89. The molecule has 0 atom stereocenters. The molecule has 2 rings (SSSR count). The van der Waals surface area contributed by atoms with Gasteiger partial charge < -0.3 is 9.52 Å². The zero-order chi connectivity index (χ0) is 11.0. The quantitative estimate of drug-likeness (QED) is 0.772. The molecule has 0 spiro atoms. The molecule has 2 aromatic rings. The van der Waals surface area contributed by atoms with E-state index in [4.69, 9.17) is 4.42 Å². The normalized spacial score (nSPS) is 10.5. The van der Waals surface area contributed by atoms with E-state index < -0.39 is 5.63 Å². The molecule has 0 bridgehead atoms. The van der Waals surface area contributed by atoms with Gasteiger partial charge in [-0.1, -0.05) is 12.7 Å². The molecule has 0 aliphatic rings. The van der Waals surface area contributed by atoms with Gasteiger partial charge in [0.15, 0.2) is 0 Å². The maximum absolute atomic E-state index is 11.5. The van der Waals surface area contributed by atoms with Crippen LogP contribution in [0.15, 0.2) is 34.0 Å². The topological polar surface area (TPSA) is 50.4 Å². The lowest BCUT2D eigenvalue weighted by Crippen LogP contribution is -2.00. The van der Waals surface area contributed by atoms with Crippen LogP contribution in [0.1, 0.15) is 11.3 Å². The highest BCUT2D eigenvalue weighted by Gasteiger charge is 2.07. The van der Waals surface area contributed by atoms with Crippen LogP contribution in [-0.2, 0) is 0 Å². The van der Waals surface area contributed by atoms with Crippen molar-refractivity contribution in [3.8, 4) is 5.75 Å². The zero-order valence-corrected chi connectivity index (χ0v) is 8.28. The fourth-order valence-electron chi connectivity index (χ4n) is 1.57. The maximum Gasteiger partial charge on any atom is 0.347 e. The van der Waals surface area contributed by atoms with Gasteiger partial charge >= 0.3 is 5.63 Å². The number of hydrogen-bond acceptors (Lipinski definition) is 3. The Labute approximate surface area is 86.3 Å². The van der Waals surface area contributed by atoms with Crippen LogP contribution < -0.4 is 5.63 Å². The van der Waals surface area contributed by atoms with Gasteiger partial charge in [-0.25, -0.2) is 4.79 Å². The number of aromatic hydroxyl groups is 1. The third-order valence-corrected chi connectivity index (χ3v) is 2.22. The van der Waals surface area contributed by atoms with E-state index >= 15 is 0 Å². The Morgan fingerprint density at radius 3 is 2.80 bits per heavy atom. The Hall–Kier alpha value is -2.03. The van der Waals surface area contributed by atoms with Gasteiger partial charge in [0.2, 0.25) is 0 Å². The lowest BCUT2D eigenvalue weighted by Gasteiger charge is -2.02. The number of rotatable bonds is 1. The molecule has 0 aliphatic heterocycles. The van der Waals surface area contributed by atoms with E-state index in [9.17, 15) is 9.90 Å². The Bertz CT molecular complexity index is 594. The predicted octanol–water partition coefficient (Wildman–Crippen LogP) is 2.45. The first-order chi connectivity index (χ1) is 7.11. The van der Waals surface area contributed by atoms with Crippen LogP contribution in [0.25, 0.3) is 16.8 Å². The SMILES string of the molecule is C=Cc1cc(O)c2c(=O)oc(C)cc2c1. The van der Waals surface area contributed by atoms with Gasteiger partial charge in [0.05, 0.1) is 0 Å². The molecule has 3 nitrogen and oxygen atoms in total. The molecule has 0 aliphatic carbocycles. The Balaban J connectivity index is 2.97. The average molecular weight is 202 g/mol. The lowest BCUT2D eigenvalue weighted by molar-refractivity contribution is 0.466. The summed E-state index contributed by atoms with van der Waals surface area (Å²) in [5.74, 6) is 0.448. The van der Waals surface area contributed by atoms with Crippen LogP contribution >= 0.6 is 0 Å². The van der Waals surface area contributed by atoms with Crippen LogP contribution in [0.4, 0.5) is 0 Å². The standard InChI is InChI=1S/C12H10O3/c1-3-8-5-9-4-7(2)15-12(14)11(9)10(13)6-8/h3-6,13H,1H2,2H3. The first-order valence-electron chi connectivity index (χ1n) is 4.51. The van der Waals surface area contributed by atoms with Gasteiger partial charge in [-0.15, -0.1) is 0 Å². The van der Waals surface area contributed by atoms with Gasteiger partial charge in [0.1, 0.15) is 16.9 Å². The van der Waals surface area contributed by atoms with E-state index in [1.54, 1.807) is 25.1 Å². The second-order valence-corrected chi connectivity index (χ2v) is 3.35. The summed E-state index contributed by atoms with van der Waals surface area (Å²) < 4.78 is 4.90. The molecule has 0 saturated heterocycles. The summed E-state index contributed by atoms with van der Waals surface area (Å²) in [5, 5.41) is 10.5. The third-order valence-electron chi connectivity index (χ3n) is 2.22. The average Bonchev–Trinajstić information content (AvgIpc) is 2.15. The Morgan fingerprint density at radius 2 is 2.13 bits per heavy atom. The minimum absolute atomic E-state index is 0.0730. The summed E-state index contributed by atoms with van der Waals surface area (Å²) in [5.41, 5.74) is 0.253. The van der Waals surface area contributed by atoms with E-state index in [1.165, 1.54) is 6.07 Å². The molecule has 3 heteroatoms. The largest absolute Gasteiger partial charge is 0.507 e. The lowest BCUT2D eigenvalue weighted by atomic mass is 10.1. The molecule has 0 saturated carbocycles. The van der Waals surface area contributed by atoms with Gasteiger partial charge in [0, 0.05) is 0 Å². The first-order valence-corrected chi connectivity index (χ1v) is 4.51. The molecular formula is C12H10O3. The van der Waals surface area contributed by atoms with Crippen LogP contribution in [0.3, 0.4) is 0 Å². The molecule has 1 aromatic carbocycles. The smallest absolute Gasteiger partial charge is 0.347 e. The van der Waals surface area contributed by atoms with Crippen molar-refractivity contribution < 1.29 is 9.52 Å². The van der Waals surface area contributed by atoms with Gasteiger partial charge in [-0.2, -0.15) is 0 Å². The number of hydrogen-bond donors (Lipinski definition) is 1. The van der Waals surface area contributed by atoms with Gasteiger partial charge in [0.25, 0.3) is 0 Å². The van der Waals surface area contributed by atoms with Gasteiger partial charge in [-0.05, 0) is 36.1 Å². The second-order valence-electron chi connectivity index (χ2n) is 3.35.